The Bertz CT molecular complexity index is 499. The fourth-order valence-corrected chi connectivity index (χ4v) is 2.45. The van der Waals surface area contributed by atoms with Gasteiger partial charge in [-0.05, 0) is 35.1 Å². The second kappa shape index (κ2) is 6.85. The van der Waals surface area contributed by atoms with Crippen LogP contribution in [0.3, 0.4) is 0 Å². The zero-order valence-electron chi connectivity index (χ0n) is 11.4. The maximum absolute atomic E-state index is 12.0. The van der Waals surface area contributed by atoms with Crippen molar-refractivity contribution in [3.8, 4) is 0 Å². The number of nitrogens with zero attached hydrogens (tertiary/aromatic N) is 2. The van der Waals surface area contributed by atoms with E-state index in [4.69, 9.17) is 0 Å². The van der Waals surface area contributed by atoms with E-state index in [9.17, 15) is 9.59 Å². The van der Waals surface area contributed by atoms with Gasteiger partial charge in [0.2, 0.25) is 11.8 Å². The van der Waals surface area contributed by atoms with Gasteiger partial charge in [-0.15, -0.1) is 0 Å². The minimum absolute atomic E-state index is 0.106. The third kappa shape index (κ3) is 4.05. The van der Waals surface area contributed by atoms with E-state index < -0.39 is 0 Å². The summed E-state index contributed by atoms with van der Waals surface area (Å²) in [6.45, 7) is 3.10. The van der Waals surface area contributed by atoms with Gasteiger partial charge in [-0.3, -0.25) is 9.59 Å². The Morgan fingerprint density at radius 2 is 1.85 bits per heavy atom. The molecule has 0 aromatic heterocycles. The Labute approximate surface area is 127 Å². The smallest absolute Gasteiger partial charge is 0.233 e. The lowest BCUT2D eigenvalue weighted by Crippen LogP contribution is -2.47. The first-order chi connectivity index (χ1) is 9.56. The second-order valence-corrected chi connectivity index (χ2v) is 5.74. The first kappa shape index (κ1) is 15.0. The number of piperazine rings is 1. The van der Waals surface area contributed by atoms with Crippen molar-refractivity contribution in [2.45, 2.75) is 6.42 Å². The molecule has 1 aliphatic heterocycles. The van der Waals surface area contributed by atoms with Crippen LogP contribution in [0.1, 0.15) is 6.42 Å². The van der Waals surface area contributed by atoms with Crippen molar-refractivity contribution in [2.24, 2.45) is 0 Å². The van der Waals surface area contributed by atoms with Crippen LogP contribution in [0.5, 0.6) is 0 Å². The number of likely N-dealkylation sites (N-methyl/N-ethyl adjacent to an activating group) is 1. The Kier molecular flexibility index (Phi) is 5.14. The minimum Gasteiger partial charge on any atom is -0.340 e. The maximum Gasteiger partial charge on any atom is 0.233 e. The van der Waals surface area contributed by atoms with E-state index in [-0.39, 0.29) is 18.2 Å². The molecule has 5 nitrogen and oxygen atoms in total. The van der Waals surface area contributed by atoms with Gasteiger partial charge in [0, 0.05) is 30.7 Å². The van der Waals surface area contributed by atoms with Crippen LogP contribution in [-0.2, 0) is 9.59 Å². The highest BCUT2D eigenvalue weighted by Gasteiger charge is 2.21. The molecule has 1 aliphatic rings. The molecule has 1 heterocycles. The van der Waals surface area contributed by atoms with Gasteiger partial charge in [0.05, 0.1) is 5.69 Å². The maximum atomic E-state index is 12.0. The van der Waals surface area contributed by atoms with Crippen molar-refractivity contribution < 1.29 is 9.59 Å². The van der Waals surface area contributed by atoms with Gasteiger partial charge in [-0.2, -0.15) is 0 Å². The summed E-state index contributed by atoms with van der Waals surface area (Å²) in [5, 5.41) is 2.75. The Morgan fingerprint density at radius 1 is 1.20 bits per heavy atom. The molecule has 0 spiro atoms. The van der Waals surface area contributed by atoms with Crippen LogP contribution >= 0.6 is 15.9 Å². The monoisotopic (exact) mass is 339 g/mol. The summed E-state index contributed by atoms with van der Waals surface area (Å²) in [5.41, 5.74) is 0.684. The molecule has 6 heteroatoms. The van der Waals surface area contributed by atoms with E-state index in [1.807, 2.05) is 25.2 Å². The lowest BCUT2D eigenvalue weighted by molar-refractivity contribution is -0.135. The molecule has 0 atom stereocenters. The highest BCUT2D eigenvalue weighted by molar-refractivity contribution is 9.10. The average Bonchev–Trinajstić information content (AvgIpc) is 2.42. The molecule has 0 radical (unpaired) electrons. The third-order valence-corrected chi connectivity index (χ3v) is 4.01. The summed E-state index contributed by atoms with van der Waals surface area (Å²) < 4.78 is 0.806. The van der Waals surface area contributed by atoms with Gasteiger partial charge in [0.1, 0.15) is 6.42 Å². The molecule has 0 bridgehead atoms. The molecular weight excluding hydrogens is 322 g/mol. The van der Waals surface area contributed by atoms with Crippen LogP contribution in [0.2, 0.25) is 0 Å². The number of benzene rings is 1. The summed E-state index contributed by atoms with van der Waals surface area (Å²) in [6, 6.07) is 7.35. The summed E-state index contributed by atoms with van der Waals surface area (Å²) in [5.74, 6) is -0.386. The van der Waals surface area contributed by atoms with Crippen molar-refractivity contribution in [2.75, 3.05) is 38.5 Å². The van der Waals surface area contributed by atoms with Crippen molar-refractivity contribution in [3.05, 3.63) is 28.7 Å². The van der Waals surface area contributed by atoms with E-state index in [0.717, 1.165) is 17.6 Å². The molecule has 2 amide bonds. The van der Waals surface area contributed by atoms with Crippen LogP contribution in [0, 0.1) is 0 Å². The van der Waals surface area contributed by atoms with Crippen molar-refractivity contribution in [1.82, 2.24) is 9.80 Å². The lowest BCUT2D eigenvalue weighted by Gasteiger charge is -2.32. The average molecular weight is 340 g/mol. The summed E-state index contributed by atoms with van der Waals surface area (Å²) in [7, 11) is 2.03. The predicted octanol–water partition coefficient (Wildman–Crippen LogP) is 1.55. The second-order valence-electron chi connectivity index (χ2n) is 4.89. The number of hydrogen-bond donors (Lipinski definition) is 1. The van der Waals surface area contributed by atoms with E-state index in [1.165, 1.54) is 0 Å². The normalized spacial score (nSPS) is 16.0. The summed E-state index contributed by atoms with van der Waals surface area (Å²) in [6.07, 6.45) is -0.106. The first-order valence-corrected chi connectivity index (χ1v) is 7.36. The van der Waals surface area contributed by atoms with Crippen LogP contribution in [-0.4, -0.2) is 54.8 Å². The van der Waals surface area contributed by atoms with Gasteiger partial charge < -0.3 is 15.1 Å². The molecule has 0 aliphatic carbocycles. The van der Waals surface area contributed by atoms with Crippen molar-refractivity contribution >= 4 is 33.4 Å². The number of anilines is 1. The number of rotatable bonds is 3. The van der Waals surface area contributed by atoms with Crippen LogP contribution in [0.15, 0.2) is 28.7 Å². The van der Waals surface area contributed by atoms with E-state index >= 15 is 0 Å². The first-order valence-electron chi connectivity index (χ1n) is 6.57. The molecule has 0 unspecified atom stereocenters. The molecule has 20 heavy (non-hydrogen) atoms. The van der Waals surface area contributed by atoms with E-state index in [1.54, 1.807) is 11.0 Å². The van der Waals surface area contributed by atoms with Crippen LogP contribution < -0.4 is 5.32 Å². The highest BCUT2D eigenvalue weighted by atomic mass is 79.9. The third-order valence-electron chi connectivity index (χ3n) is 3.32. The van der Waals surface area contributed by atoms with Gasteiger partial charge in [-0.25, -0.2) is 0 Å². The van der Waals surface area contributed by atoms with Crippen LogP contribution in [0.25, 0.3) is 0 Å². The van der Waals surface area contributed by atoms with Gasteiger partial charge in [0.25, 0.3) is 0 Å². The minimum atomic E-state index is -0.277. The molecule has 1 saturated heterocycles. The zero-order chi connectivity index (χ0) is 14.5. The predicted molar refractivity (Wildman–Crippen MR) is 81.5 cm³/mol. The molecular formula is C14H18BrN3O2. The zero-order valence-corrected chi connectivity index (χ0v) is 13.0. The fraction of sp³-hybridized carbons (Fsp3) is 0.429. The molecule has 1 fully saturated rings. The van der Waals surface area contributed by atoms with Gasteiger partial charge >= 0.3 is 0 Å². The van der Waals surface area contributed by atoms with Crippen LogP contribution in [0.4, 0.5) is 5.69 Å². The van der Waals surface area contributed by atoms with E-state index in [2.05, 4.69) is 26.1 Å². The molecule has 1 N–H and O–H groups in total. The number of carbonyl (C=O) groups is 2. The number of carbonyl (C=O) groups excluding carboxylic acids is 2. The van der Waals surface area contributed by atoms with Crippen molar-refractivity contribution in [1.29, 1.82) is 0 Å². The lowest BCUT2D eigenvalue weighted by atomic mass is 10.2. The fourth-order valence-electron chi connectivity index (χ4n) is 2.06. The molecule has 0 saturated carbocycles. The highest BCUT2D eigenvalue weighted by Crippen LogP contribution is 2.21. The standard InChI is InChI=1S/C14H18BrN3O2/c1-17-6-8-18(9-7-17)14(20)10-13(19)16-12-5-3-2-4-11(12)15/h2-5H,6-10H2,1H3,(H,16,19). The van der Waals surface area contributed by atoms with Gasteiger partial charge in [-0.1, -0.05) is 12.1 Å². The largest absolute Gasteiger partial charge is 0.340 e. The number of amides is 2. The number of nitrogens with one attached hydrogen (secondary N) is 1. The quantitative estimate of drug-likeness (QED) is 0.850. The molecule has 108 valence electrons. The van der Waals surface area contributed by atoms with E-state index in [0.29, 0.717) is 18.8 Å². The molecule has 1 aromatic rings. The number of hydrogen-bond acceptors (Lipinski definition) is 3. The summed E-state index contributed by atoms with van der Waals surface area (Å²) >= 11 is 3.36. The number of para-hydroxylation sites is 1. The Morgan fingerprint density at radius 3 is 2.50 bits per heavy atom. The van der Waals surface area contributed by atoms with Gasteiger partial charge in [0.15, 0.2) is 0 Å². The topological polar surface area (TPSA) is 52.7 Å². The molecule has 1 aromatic carbocycles. The summed E-state index contributed by atoms with van der Waals surface area (Å²) in [4.78, 5) is 27.8. The Hall–Kier alpha value is -1.40. The van der Waals surface area contributed by atoms with Crippen molar-refractivity contribution in [3.63, 3.8) is 0 Å². The number of halogens is 1. The SMILES string of the molecule is CN1CCN(C(=O)CC(=O)Nc2ccccc2Br)CC1. The molecule has 2 rings (SSSR count). The Balaban J connectivity index is 1.85.